The van der Waals surface area contributed by atoms with Crippen LogP contribution in [0.25, 0.3) is 11.3 Å². The number of hydrogen-bond acceptors (Lipinski definition) is 7. The van der Waals surface area contributed by atoms with Crippen molar-refractivity contribution in [3.8, 4) is 11.3 Å². The number of nitrogens with zero attached hydrogens (tertiary/aromatic N) is 6. The van der Waals surface area contributed by atoms with Gasteiger partial charge in [0.05, 0.1) is 30.0 Å². The van der Waals surface area contributed by atoms with Crippen LogP contribution in [0.4, 0.5) is 43.9 Å². The smallest absolute Gasteiger partial charge is 0.378 e. The molecule has 13 heteroatoms. The minimum Gasteiger partial charge on any atom is -0.378 e. The van der Waals surface area contributed by atoms with Gasteiger partial charge >= 0.3 is 12.4 Å². The van der Waals surface area contributed by atoms with Crippen LogP contribution >= 0.6 is 0 Å². The molecule has 2 aliphatic heterocycles. The molecule has 2 aliphatic rings. The Hall–Kier alpha value is -3.61. The maximum absolute atomic E-state index is 13.5. The van der Waals surface area contributed by atoms with Gasteiger partial charge in [0.25, 0.3) is 0 Å². The summed E-state index contributed by atoms with van der Waals surface area (Å²) in [6.07, 6.45) is -7.71. The molecule has 0 bridgehead atoms. The molecule has 38 heavy (non-hydrogen) atoms. The normalized spacial score (nSPS) is 17.2. The Morgan fingerprint density at radius 3 is 2.11 bits per heavy atom. The van der Waals surface area contributed by atoms with E-state index in [4.69, 9.17) is 4.74 Å². The van der Waals surface area contributed by atoms with Crippen LogP contribution in [0, 0.1) is 0 Å². The van der Waals surface area contributed by atoms with E-state index in [1.165, 1.54) is 18.3 Å². The van der Waals surface area contributed by atoms with E-state index in [0.29, 0.717) is 62.4 Å². The first-order valence-corrected chi connectivity index (χ1v) is 12.0. The lowest BCUT2D eigenvalue weighted by atomic mass is 10.1. The molecule has 0 spiro atoms. The molecule has 7 nitrogen and oxygen atoms in total. The van der Waals surface area contributed by atoms with Crippen molar-refractivity contribution in [1.29, 1.82) is 0 Å². The first-order valence-electron chi connectivity index (χ1n) is 12.0. The lowest BCUT2D eigenvalue weighted by Crippen LogP contribution is -2.48. The number of rotatable bonds is 4. The molecule has 0 unspecified atom stereocenters. The van der Waals surface area contributed by atoms with Gasteiger partial charge in [-0.2, -0.15) is 31.3 Å². The second kappa shape index (κ2) is 10.3. The number of ether oxygens (including phenoxy) is 1. The number of halogens is 6. The van der Waals surface area contributed by atoms with E-state index in [1.54, 1.807) is 17.0 Å². The fraction of sp³-hybridized carbons (Fsp3) is 0.400. The lowest BCUT2D eigenvalue weighted by molar-refractivity contribution is -0.138. The number of benzene rings is 1. The fourth-order valence-electron chi connectivity index (χ4n) is 4.51. The van der Waals surface area contributed by atoms with Gasteiger partial charge in [-0.25, -0.2) is 9.97 Å². The Balaban J connectivity index is 1.44. The highest BCUT2D eigenvalue weighted by atomic mass is 19.4. The molecule has 0 atom stereocenters. The van der Waals surface area contributed by atoms with Gasteiger partial charge in [0.15, 0.2) is 0 Å². The quantitative estimate of drug-likeness (QED) is 0.445. The average molecular weight is 538 g/mol. The third-order valence-corrected chi connectivity index (χ3v) is 6.48. The molecule has 0 radical (unpaired) electrons. The van der Waals surface area contributed by atoms with Gasteiger partial charge in [-0.15, -0.1) is 0 Å². The van der Waals surface area contributed by atoms with Gasteiger partial charge in [0.2, 0.25) is 5.95 Å². The van der Waals surface area contributed by atoms with Crippen LogP contribution in [-0.2, 0) is 17.1 Å². The van der Waals surface area contributed by atoms with Gasteiger partial charge in [-0.05, 0) is 24.3 Å². The monoisotopic (exact) mass is 538 g/mol. The lowest BCUT2D eigenvalue weighted by Gasteiger charge is -2.37. The van der Waals surface area contributed by atoms with Crippen LogP contribution in [0.15, 0.2) is 48.7 Å². The predicted octanol–water partition coefficient (Wildman–Crippen LogP) is 4.74. The van der Waals surface area contributed by atoms with Crippen LogP contribution < -0.4 is 14.7 Å². The largest absolute Gasteiger partial charge is 0.419 e. The summed E-state index contributed by atoms with van der Waals surface area (Å²) in [7, 11) is 0. The summed E-state index contributed by atoms with van der Waals surface area (Å²) >= 11 is 0. The number of anilines is 3. The number of piperazine rings is 1. The summed E-state index contributed by atoms with van der Waals surface area (Å²) in [5, 5.41) is 0. The van der Waals surface area contributed by atoms with Crippen LogP contribution in [-0.4, -0.2) is 67.4 Å². The molecule has 1 aromatic carbocycles. The molecule has 5 rings (SSSR count). The third-order valence-electron chi connectivity index (χ3n) is 6.48. The summed E-state index contributed by atoms with van der Waals surface area (Å²) < 4.78 is 86.0. The molecule has 4 heterocycles. The van der Waals surface area contributed by atoms with Gasteiger partial charge in [-0.1, -0.05) is 12.1 Å². The Labute approximate surface area is 214 Å². The zero-order valence-corrected chi connectivity index (χ0v) is 20.1. The molecule has 2 fully saturated rings. The minimum atomic E-state index is -4.53. The van der Waals surface area contributed by atoms with Gasteiger partial charge in [-0.3, -0.25) is 0 Å². The molecule has 202 valence electrons. The molecule has 0 N–H and O–H groups in total. The highest BCUT2D eigenvalue weighted by Crippen LogP contribution is 2.36. The van der Waals surface area contributed by atoms with Crippen LogP contribution in [0.5, 0.6) is 0 Å². The average Bonchev–Trinajstić information content (AvgIpc) is 2.92. The van der Waals surface area contributed by atoms with Crippen molar-refractivity contribution in [2.75, 3.05) is 67.2 Å². The highest BCUT2D eigenvalue weighted by molar-refractivity contribution is 5.66. The number of pyridine rings is 1. The van der Waals surface area contributed by atoms with Crippen molar-refractivity contribution in [2.24, 2.45) is 0 Å². The molecule has 0 amide bonds. The summed E-state index contributed by atoms with van der Waals surface area (Å²) in [5.74, 6) is 0.725. The molecule has 2 aromatic heterocycles. The Morgan fingerprint density at radius 2 is 1.42 bits per heavy atom. The van der Waals surface area contributed by atoms with E-state index in [0.717, 1.165) is 18.2 Å². The second-order valence-electron chi connectivity index (χ2n) is 8.94. The van der Waals surface area contributed by atoms with Crippen molar-refractivity contribution in [2.45, 2.75) is 12.4 Å². The summed E-state index contributed by atoms with van der Waals surface area (Å²) in [6, 6.07) is 8.85. The summed E-state index contributed by atoms with van der Waals surface area (Å²) in [4.78, 5) is 18.6. The Kier molecular flexibility index (Phi) is 7.03. The van der Waals surface area contributed by atoms with Crippen LogP contribution in [0.1, 0.15) is 11.1 Å². The standard InChI is InChI=1S/C25H24F6N6O/c26-24(27,28)18-4-1-3-17(15-18)20-16-21(35-11-13-38-14-12-35)34-23(33-20)37-9-7-36(8-10-37)22-19(25(29,30)31)5-2-6-32-22/h1-6,15-16H,7-14H2. The molecule has 0 saturated carbocycles. The minimum absolute atomic E-state index is 0.132. The number of hydrogen-bond donors (Lipinski definition) is 0. The third kappa shape index (κ3) is 5.62. The van der Waals surface area contributed by atoms with E-state index in [-0.39, 0.29) is 18.9 Å². The fourth-order valence-corrected chi connectivity index (χ4v) is 4.51. The highest BCUT2D eigenvalue weighted by Gasteiger charge is 2.36. The van der Waals surface area contributed by atoms with E-state index in [9.17, 15) is 26.3 Å². The SMILES string of the molecule is FC(F)(F)c1cccc(-c2cc(N3CCOCC3)nc(N3CCN(c4ncccc4C(F)(F)F)CC3)n2)c1. The van der Waals surface area contributed by atoms with Crippen molar-refractivity contribution in [1.82, 2.24) is 15.0 Å². The molecule has 2 saturated heterocycles. The number of alkyl halides is 6. The zero-order chi connectivity index (χ0) is 26.9. The molecule has 0 aliphatic carbocycles. The van der Waals surface area contributed by atoms with E-state index < -0.39 is 23.5 Å². The van der Waals surface area contributed by atoms with Crippen LogP contribution in [0.3, 0.4) is 0 Å². The summed E-state index contributed by atoms with van der Waals surface area (Å²) in [6.45, 7) is 3.20. The zero-order valence-electron chi connectivity index (χ0n) is 20.1. The van der Waals surface area contributed by atoms with Crippen molar-refractivity contribution < 1.29 is 31.1 Å². The maximum atomic E-state index is 13.5. The first kappa shape index (κ1) is 26.0. The Morgan fingerprint density at radius 1 is 0.711 bits per heavy atom. The van der Waals surface area contributed by atoms with Crippen molar-refractivity contribution >= 4 is 17.6 Å². The number of aromatic nitrogens is 3. The second-order valence-corrected chi connectivity index (χ2v) is 8.94. The summed E-state index contributed by atoms with van der Waals surface area (Å²) in [5.41, 5.74) is -0.965. The molecule has 3 aromatic rings. The molecular weight excluding hydrogens is 514 g/mol. The first-order chi connectivity index (χ1) is 18.1. The van der Waals surface area contributed by atoms with Crippen LogP contribution in [0.2, 0.25) is 0 Å². The number of morpholine rings is 1. The predicted molar refractivity (Wildman–Crippen MR) is 129 cm³/mol. The molecular formula is C25H24F6N6O. The van der Waals surface area contributed by atoms with E-state index in [2.05, 4.69) is 15.0 Å². The van der Waals surface area contributed by atoms with E-state index >= 15 is 0 Å². The van der Waals surface area contributed by atoms with E-state index in [1.807, 2.05) is 9.80 Å². The van der Waals surface area contributed by atoms with Gasteiger partial charge in [0.1, 0.15) is 11.6 Å². The van der Waals surface area contributed by atoms with Crippen molar-refractivity contribution in [3.63, 3.8) is 0 Å². The Bertz CT molecular complexity index is 1270. The maximum Gasteiger partial charge on any atom is 0.419 e. The van der Waals surface area contributed by atoms with Gasteiger partial charge in [0, 0.05) is 57.1 Å². The van der Waals surface area contributed by atoms with Crippen molar-refractivity contribution in [3.05, 3.63) is 59.8 Å². The topological polar surface area (TPSA) is 57.6 Å². The van der Waals surface area contributed by atoms with Gasteiger partial charge < -0.3 is 19.4 Å².